The summed E-state index contributed by atoms with van der Waals surface area (Å²) in [6.07, 6.45) is 2.59. The van der Waals surface area contributed by atoms with Gasteiger partial charge in [-0.3, -0.25) is 9.59 Å². The Labute approximate surface area is 209 Å². The first-order valence-electron chi connectivity index (χ1n) is 10.8. The minimum Gasteiger partial charge on any atom is -0.497 e. The molecule has 0 radical (unpaired) electrons. The van der Waals surface area contributed by atoms with Crippen LogP contribution in [0.3, 0.4) is 0 Å². The Bertz CT molecular complexity index is 1290. The topological polar surface area (TPSA) is 126 Å². The molecule has 10 nitrogen and oxygen atoms in total. The minimum absolute atomic E-state index is 0.0201. The van der Waals surface area contributed by atoms with Crippen molar-refractivity contribution >= 4 is 45.6 Å². The number of methoxy groups -OCH3 is 2. The number of imidazole rings is 1. The molecule has 1 heterocycles. The molecule has 0 aliphatic carbocycles. The maximum Gasteiger partial charge on any atom is 0.305 e. The smallest absolute Gasteiger partial charge is 0.305 e. The maximum absolute atomic E-state index is 13.2. The highest BCUT2D eigenvalue weighted by atomic mass is 32.2. The second-order valence-electron chi connectivity index (χ2n) is 7.53. The molecular weight excluding hydrogens is 494 g/mol. The van der Waals surface area contributed by atoms with Crippen molar-refractivity contribution < 1.29 is 32.2 Å². The summed E-state index contributed by atoms with van der Waals surface area (Å²) in [5, 5.41) is 2.76. The lowest BCUT2D eigenvalue weighted by molar-refractivity contribution is -0.140. The third kappa shape index (κ3) is 6.67. The predicted molar refractivity (Wildman–Crippen MR) is 132 cm³/mol. The number of thiol groups is 1. The number of ether oxygens (including phenoxy) is 3. The average Bonchev–Trinajstić information content (AvgIpc) is 3.20. The molecule has 12 heteroatoms. The number of hydrogen-bond donors (Lipinski definition) is 2. The van der Waals surface area contributed by atoms with Crippen molar-refractivity contribution in [2.45, 2.75) is 35.7 Å². The molecule has 1 aromatic heterocycles. The van der Waals surface area contributed by atoms with Crippen LogP contribution in [0.2, 0.25) is 0 Å². The number of aromatic nitrogens is 2. The van der Waals surface area contributed by atoms with Crippen molar-refractivity contribution in [2.24, 2.45) is 0 Å². The van der Waals surface area contributed by atoms with Gasteiger partial charge in [0.1, 0.15) is 11.5 Å². The van der Waals surface area contributed by atoms with Gasteiger partial charge in [-0.1, -0.05) is 6.42 Å². The summed E-state index contributed by atoms with van der Waals surface area (Å²) < 4.78 is 42.7. The van der Waals surface area contributed by atoms with Crippen molar-refractivity contribution in [1.29, 1.82) is 0 Å². The van der Waals surface area contributed by atoms with Crippen LogP contribution in [0.5, 0.6) is 11.5 Å². The monoisotopic (exact) mass is 521 g/mol. The Hall–Kier alpha value is -3.25. The van der Waals surface area contributed by atoms with Gasteiger partial charge >= 0.3 is 5.97 Å². The third-order valence-electron chi connectivity index (χ3n) is 5.14. The Morgan fingerprint density at radius 3 is 2.43 bits per heavy atom. The molecule has 1 amide bonds. The summed E-state index contributed by atoms with van der Waals surface area (Å²) in [7, 11) is -1.11. The molecule has 0 atom stereocenters. The molecule has 2 aromatic carbocycles. The lowest BCUT2D eigenvalue weighted by atomic mass is 10.2. The van der Waals surface area contributed by atoms with Crippen molar-refractivity contribution in [3.63, 3.8) is 0 Å². The van der Waals surface area contributed by atoms with Crippen molar-refractivity contribution in [1.82, 2.24) is 14.3 Å². The highest BCUT2D eigenvalue weighted by molar-refractivity contribution is 7.90. The summed E-state index contributed by atoms with van der Waals surface area (Å²) >= 11 is 4.24. The van der Waals surface area contributed by atoms with Crippen molar-refractivity contribution in [2.75, 3.05) is 27.4 Å². The Morgan fingerprint density at radius 2 is 1.74 bits per heavy atom. The standard InChI is InChI=1S/C23H27N3O7S2/c1-31-17-9-12-20-19(14-17)25-23(34)26(20)35(29,30)18-10-7-16(8-11-18)33-15-21(27)24-13-5-3-4-6-22(28)32-2/h7-12,14H,3-6,13,15H2,1-2H3,(H,24,27)(H,25,34). The van der Waals surface area contributed by atoms with Crippen LogP contribution in [0, 0.1) is 0 Å². The van der Waals surface area contributed by atoms with Gasteiger partial charge in [0.15, 0.2) is 11.8 Å². The van der Waals surface area contributed by atoms with Crippen molar-refractivity contribution in [3.05, 3.63) is 42.5 Å². The van der Waals surface area contributed by atoms with Gasteiger partial charge in [0.05, 0.1) is 30.1 Å². The van der Waals surface area contributed by atoms with Gasteiger partial charge in [-0.15, -0.1) is 12.6 Å². The van der Waals surface area contributed by atoms with E-state index in [2.05, 4.69) is 27.7 Å². The number of nitrogens with zero attached hydrogens (tertiary/aromatic N) is 2. The number of fused-ring (bicyclic) bond motifs is 1. The number of rotatable bonds is 12. The van der Waals surface area contributed by atoms with E-state index in [1.54, 1.807) is 18.2 Å². The summed E-state index contributed by atoms with van der Waals surface area (Å²) in [6, 6.07) is 10.6. The van der Waals surface area contributed by atoms with Gasteiger partial charge in [-0.05, 0) is 49.2 Å². The van der Waals surface area contributed by atoms with E-state index < -0.39 is 10.0 Å². The fourth-order valence-electron chi connectivity index (χ4n) is 3.30. The Kier molecular flexibility index (Phi) is 8.99. The van der Waals surface area contributed by atoms with Crippen LogP contribution in [0.4, 0.5) is 0 Å². The quantitative estimate of drug-likeness (QED) is 0.212. The van der Waals surface area contributed by atoms with Gasteiger partial charge in [-0.2, -0.15) is 0 Å². The molecule has 188 valence electrons. The van der Waals surface area contributed by atoms with Crippen LogP contribution in [0.15, 0.2) is 52.5 Å². The lowest BCUT2D eigenvalue weighted by Crippen LogP contribution is -2.29. The van der Waals surface area contributed by atoms with E-state index in [4.69, 9.17) is 9.47 Å². The molecule has 3 rings (SSSR count). The molecule has 0 aliphatic heterocycles. The molecule has 0 saturated carbocycles. The molecule has 0 saturated heterocycles. The normalized spacial score (nSPS) is 11.3. The highest BCUT2D eigenvalue weighted by Gasteiger charge is 2.23. The predicted octanol–water partition coefficient (Wildman–Crippen LogP) is 2.80. The number of amides is 1. The number of carbonyl (C=O) groups is 2. The number of carbonyl (C=O) groups excluding carboxylic acids is 2. The molecular formula is C23H27N3O7S2. The van der Waals surface area contributed by atoms with Crippen LogP contribution in [0.25, 0.3) is 11.0 Å². The molecule has 3 aromatic rings. The summed E-state index contributed by atoms with van der Waals surface area (Å²) in [5.74, 6) is 0.363. The van der Waals surface area contributed by atoms with Gasteiger partial charge in [0, 0.05) is 19.0 Å². The minimum atomic E-state index is -3.97. The zero-order valence-electron chi connectivity index (χ0n) is 19.4. The second kappa shape index (κ2) is 11.9. The molecule has 35 heavy (non-hydrogen) atoms. The first-order valence-corrected chi connectivity index (χ1v) is 12.7. The second-order valence-corrected chi connectivity index (χ2v) is 9.72. The van der Waals surface area contributed by atoms with Gasteiger partial charge in [-0.25, -0.2) is 17.4 Å². The number of unbranched alkanes of at least 4 members (excludes halogenated alkanes) is 2. The van der Waals surface area contributed by atoms with E-state index in [1.165, 1.54) is 38.5 Å². The fourth-order valence-corrected chi connectivity index (χ4v) is 5.20. The zero-order valence-corrected chi connectivity index (χ0v) is 21.1. The van der Waals surface area contributed by atoms with Crippen LogP contribution < -0.4 is 14.8 Å². The lowest BCUT2D eigenvalue weighted by Gasteiger charge is -2.10. The molecule has 1 N–H and O–H groups in total. The van der Waals surface area contributed by atoms with E-state index >= 15 is 0 Å². The SMILES string of the molecule is COC(=O)CCCCCNC(=O)COc1ccc(S(=O)(=O)n2c(S)nc3cc(OC)ccc32)cc1. The van der Waals surface area contributed by atoms with E-state index in [0.717, 1.165) is 16.8 Å². The van der Waals surface area contributed by atoms with E-state index in [9.17, 15) is 18.0 Å². The van der Waals surface area contributed by atoms with Crippen LogP contribution >= 0.6 is 12.6 Å². The van der Waals surface area contributed by atoms with Crippen LogP contribution in [-0.4, -0.2) is 56.6 Å². The number of benzene rings is 2. The van der Waals surface area contributed by atoms with Gasteiger partial charge in [0.2, 0.25) is 0 Å². The van der Waals surface area contributed by atoms with Crippen LogP contribution in [0.1, 0.15) is 25.7 Å². The van der Waals surface area contributed by atoms with E-state index in [0.29, 0.717) is 41.9 Å². The van der Waals surface area contributed by atoms with Crippen LogP contribution in [-0.2, 0) is 24.3 Å². The maximum atomic E-state index is 13.2. The third-order valence-corrected chi connectivity index (χ3v) is 7.30. The first-order chi connectivity index (χ1) is 16.8. The Balaban J connectivity index is 1.55. The van der Waals surface area contributed by atoms with E-state index in [-0.39, 0.29) is 28.5 Å². The van der Waals surface area contributed by atoms with Gasteiger partial charge < -0.3 is 19.5 Å². The van der Waals surface area contributed by atoms with Gasteiger partial charge in [0.25, 0.3) is 15.9 Å². The number of hydrogen-bond acceptors (Lipinski definition) is 9. The zero-order chi connectivity index (χ0) is 25.4. The summed E-state index contributed by atoms with van der Waals surface area (Å²) in [6.45, 7) is 0.264. The molecule has 0 bridgehead atoms. The number of nitrogens with one attached hydrogen (secondary N) is 1. The fraction of sp³-hybridized carbons (Fsp3) is 0.348. The number of esters is 1. The van der Waals surface area contributed by atoms with Crippen molar-refractivity contribution in [3.8, 4) is 11.5 Å². The molecule has 0 aliphatic rings. The Morgan fingerprint density at radius 1 is 1.03 bits per heavy atom. The molecule has 0 fully saturated rings. The molecule has 0 unspecified atom stereocenters. The summed E-state index contributed by atoms with van der Waals surface area (Å²) in [5.41, 5.74) is 0.811. The van der Waals surface area contributed by atoms with E-state index in [1.807, 2.05) is 0 Å². The average molecular weight is 522 g/mol. The highest BCUT2D eigenvalue weighted by Crippen LogP contribution is 2.28. The first kappa shape index (κ1) is 26.4. The summed E-state index contributed by atoms with van der Waals surface area (Å²) in [4.78, 5) is 27.2. The molecule has 0 spiro atoms. The largest absolute Gasteiger partial charge is 0.497 e.